The van der Waals surface area contributed by atoms with E-state index in [-0.39, 0.29) is 0 Å². The van der Waals surface area contributed by atoms with Crippen LogP contribution >= 0.6 is 0 Å². The topological polar surface area (TPSA) is 26.0 Å². The van der Waals surface area contributed by atoms with Gasteiger partial charge in [-0.3, -0.25) is 0 Å². The van der Waals surface area contributed by atoms with Gasteiger partial charge >= 0.3 is 0 Å². The number of nitrogens with two attached hydrogens (primary N) is 1. The lowest BCUT2D eigenvalue weighted by Crippen LogP contribution is -2.10. The minimum absolute atomic E-state index is 0.485. The van der Waals surface area contributed by atoms with Gasteiger partial charge in [-0.1, -0.05) is 20.8 Å². The van der Waals surface area contributed by atoms with Crippen LogP contribution in [0.5, 0.6) is 0 Å². The van der Waals surface area contributed by atoms with Crippen LogP contribution in [0.3, 0.4) is 0 Å². The molecule has 0 aromatic heterocycles. The Morgan fingerprint density at radius 1 is 1.44 bits per heavy atom. The summed E-state index contributed by atoms with van der Waals surface area (Å²) in [5, 5.41) is 0. The van der Waals surface area contributed by atoms with E-state index in [1.54, 1.807) is 0 Å². The maximum atomic E-state index is 5.67. The van der Waals surface area contributed by atoms with Gasteiger partial charge in [0.05, 0.1) is 0 Å². The van der Waals surface area contributed by atoms with Gasteiger partial charge in [0.2, 0.25) is 0 Å². The molecule has 0 bridgehead atoms. The molecule has 1 aliphatic rings. The second-order valence-electron chi connectivity index (χ2n) is 4.42. The normalized spacial score (nSPS) is 34.7. The summed E-state index contributed by atoms with van der Waals surface area (Å²) in [6, 6.07) is 0.532. The third-order valence-corrected chi connectivity index (χ3v) is 1.85. The van der Waals surface area contributed by atoms with Gasteiger partial charge in [0.25, 0.3) is 0 Å². The standard InChI is InChI=1S/C8H17N/c1-8(2,3)5-6-4-7(6)9/h6-7H,4-5,9H2,1-3H3. The molecule has 0 saturated heterocycles. The molecule has 2 N–H and O–H groups in total. The lowest BCUT2D eigenvalue weighted by atomic mass is 9.89. The van der Waals surface area contributed by atoms with Gasteiger partial charge < -0.3 is 5.73 Å². The molecule has 0 radical (unpaired) electrons. The largest absolute Gasteiger partial charge is 0.327 e. The first-order valence-electron chi connectivity index (χ1n) is 3.74. The van der Waals surface area contributed by atoms with Crippen molar-refractivity contribution >= 4 is 0 Å². The Morgan fingerprint density at radius 3 is 2.00 bits per heavy atom. The van der Waals surface area contributed by atoms with Gasteiger partial charge in [-0.05, 0) is 24.2 Å². The fourth-order valence-electron chi connectivity index (χ4n) is 1.29. The molecule has 0 amide bonds. The highest BCUT2D eigenvalue weighted by molar-refractivity contribution is 4.92. The predicted molar refractivity (Wildman–Crippen MR) is 40.2 cm³/mol. The summed E-state index contributed by atoms with van der Waals surface area (Å²) in [4.78, 5) is 0. The third kappa shape index (κ3) is 2.35. The Morgan fingerprint density at radius 2 is 1.89 bits per heavy atom. The van der Waals surface area contributed by atoms with Gasteiger partial charge in [-0.2, -0.15) is 0 Å². The Balaban J connectivity index is 2.19. The van der Waals surface area contributed by atoms with Crippen molar-refractivity contribution in [3.8, 4) is 0 Å². The van der Waals surface area contributed by atoms with E-state index in [1.807, 2.05) is 0 Å². The summed E-state index contributed by atoms with van der Waals surface area (Å²) in [6.45, 7) is 6.83. The second kappa shape index (κ2) is 1.98. The molecular formula is C8H17N. The first-order chi connectivity index (χ1) is 3.99. The van der Waals surface area contributed by atoms with Crippen LogP contribution in [0.25, 0.3) is 0 Å². The number of hydrogen-bond donors (Lipinski definition) is 1. The van der Waals surface area contributed by atoms with Gasteiger partial charge in [0.15, 0.2) is 0 Å². The second-order valence-corrected chi connectivity index (χ2v) is 4.42. The van der Waals surface area contributed by atoms with Gasteiger partial charge in [-0.15, -0.1) is 0 Å². The highest BCUT2D eigenvalue weighted by Gasteiger charge is 2.35. The minimum Gasteiger partial charge on any atom is -0.327 e. The van der Waals surface area contributed by atoms with Crippen LogP contribution in [0.15, 0.2) is 0 Å². The maximum absolute atomic E-state index is 5.67. The molecule has 2 unspecified atom stereocenters. The minimum atomic E-state index is 0.485. The zero-order chi connectivity index (χ0) is 7.07. The van der Waals surface area contributed by atoms with Crippen LogP contribution in [0, 0.1) is 11.3 Å². The lowest BCUT2D eigenvalue weighted by molar-refractivity contribution is 0.350. The van der Waals surface area contributed by atoms with E-state index < -0.39 is 0 Å². The third-order valence-electron chi connectivity index (χ3n) is 1.85. The molecule has 2 atom stereocenters. The van der Waals surface area contributed by atoms with Crippen LogP contribution in [0.4, 0.5) is 0 Å². The molecule has 1 aliphatic carbocycles. The first-order valence-corrected chi connectivity index (χ1v) is 3.74. The molecule has 1 nitrogen and oxygen atoms in total. The Bertz CT molecular complexity index is 102. The fraction of sp³-hybridized carbons (Fsp3) is 1.00. The molecule has 0 spiro atoms. The van der Waals surface area contributed by atoms with E-state index >= 15 is 0 Å². The zero-order valence-electron chi connectivity index (χ0n) is 6.65. The summed E-state index contributed by atoms with van der Waals surface area (Å²) in [6.07, 6.45) is 2.56. The molecule has 54 valence electrons. The summed E-state index contributed by atoms with van der Waals surface area (Å²) in [7, 11) is 0. The van der Waals surface area contributed by atoms with Crippen molar-refractivity contribution < 1.29 is 0 Å². The maximum Gasteiger partial charge on any atom is 0.00711 e. The predicted octanol–water partition coefficient (Wildman–Crippen LogP) is 1.77. The first kappa shape index (κ1) is 7.07. The smallest absolute Gasteiger partial charge is 0.00711 e. The van der Waals surface area contributed by atoms with Crippen LogP contribution < -0.4 is 5.73 Å². The highest BCUT2D eigenvalue weighted by Crippen LogP contribution is 2.38. The van der Waals surface area contributed by atoms with Crippen molar-refractivity contribution in [1.29, 1.82) is 0 Å². The number of rotatable bonds is 1. The van der Waals surface area contributed by atoms with E-state index in [4.69, 9.17) is 5.73 Å². The molecule has 1 fully saturated rings. The average Bonchev–Trinajstić information content (AvgIpc) is 2.13. The summed E-state index contributed by atoms with van der Waals surface area (Å²) in [5.41, 5.74) is 6.16. The van der Waals surface area contributed by atoms with E-state index in [2.05, 4.69) is 20.8 Å². The van der Waals surface area contributed by atoms with Crippen LogP contribution in [-0.4, -0.2) is 6.04 Å². The molecule has 9 heavy (non-hydrogen) atoms. The fourth-order valence-corrected chi connectivity index (χ4v) is 1.29. The van der Waals surface area contributed by atoms with Crippen molar-refractivity contribution in [2.75, 3.05) is 0 Å². The van der Waals surface area contributed by atoms with Gasteiger partial charge in [0.1, 0.15) is 0 Å². The van der Waals surface area contributed by atoms with E-state index in [0.29, 0.717) is 11.5 Å². The Labute approximate surface area is 57.6 Å². The summed E-state index contributed by atoms with van der Waals surface area (Å²) >= 11 is 0. The average molecular weight is 127 g/mol. The quantitative estimate of drug-likeness (QED) is 0.570. The zero-order valence-corrected chi connectivity index (χ0v) is 6.65. The SMILES string of the molecule is CC(C)(C)CC1CC1N. The molecule has 0 aromatic rings. The van der Waals surface area contributed by atoms with Crippen molar-refractivity contribution in [3.63, 3.8) is 0 Å². The van der Waals surface area contributed by atoms with E-state index in [9.17, 15) is 0 Å². The van der Waals surface area contributed by atoms with E-state index in [0.717, 1.165) is 5.92 Å². The molecular weight excluding hydrogens is 110 g/mol. The van der Waals surface area contributed by atoms with Gasteiger partial charge in [-0.25, -0.2) is 0 Å². The van der Waals surface area contributed by atoms with Gasteiger partial charge in [0, 0.05) is 6.04 Å². The molecule has 0 aromatic carbocycles. The van der Waals surface area contributed by atoms with Crippen molar-refractivity contribution in [2.45, 2.75) is 39.7 Å². The lowest BCUT2D eigenvalue weighted by Gasteiger charge is -2.16. The molecule has 1 rings (SSSR count). The summed E-state index contributed by atoms with van der Waals surface area (Å²) < 4.78 is 0. The number of hydrogen-bond acceptors (Lipinski definition) is 1. The van der Waals surface area contributed by atoms with Crippen LogP contribution in [0.1, 0.15) is 33.6 Å². The van der Waals surface area contributed by atoms with Crippen molar-refractivity contribution in [2.24, 2.45) is 17.1 Å². The van der Waals surface area contributed by atoms with E-state index in [1.165, 1.54) is 12.8 Å². The van der Waals surface area contributed by atoms with Crippen LogP contribution in [-0.2, 0) is 0 Å². The van der Waals surface area contributed by atoms with Crippen molar-refractivity contribution in [3.05, 3.63) is 0 Å². The molecule has 1 heteroatoms. The Hall–Kier alpha value is -0.0400. The van der Waals surface area contributed by atoms with Crippen LogP contribution in [0.2, 0.25) is 0 Å². The summed E-state index contributed by atoms with van der Waals surface area (Å²) in [5.74, 6) is 0.838. The molecule has 0 heterocycles. The molecule has 1 saturated carbocycles. The highest BCUT2D eigenvalue weighted by atomic mass is 14.7. The monoisotopic (exact) mass is 127 g/mol. The van der Waals surface area contributed by atoms with Crippen molar-refractivity contribution in [1.82, 2.24) is 0 Å². The Kier molecular flexibility index (Phi) is 1.55. The molecule has 0 aliphatic heterocycles.